The summed E-state index contributed by atoms with van der Waals surface area (Å²) in [6.07, 6.45) is 11.3. The van der Waals surface area contributed by atoms with E-state index in [-0.39, 0.29) is 24.5 Å². The fraction of sp³-hybridized carbons (Fsp3) is 0.579. The van der Waals surface area contributed by atoms with Crippen LogP contribution < -0.4 is 0 Å². The summed E-state index contributed by atoms with van der Waals surface area (Å²) in [5.74, 6) is 0. The summed E-state index contributed by atoms with van der Waals surface area (Å²) in [5.41, 5.74) is 2.22. The minimum atomic E-state index is -0.239. The largest absolute Gasteiger partial charge is 0.374 e. The summed E-state index contributed by atoms with van der Waals surface area (Å²) in [5, 5.41) is 0. The Hall–Kier alpha value is -1.32. The maximum Gasteiger partial charge on any atom is 0.177 e. The van der Waals surface area contributed by atoms with Gasteiger partial charge in [0, 0.05) is 13.1 Å². The van der Waals surface area contributed by atoms with Crippen LogP contribution in [0.4, 0.5) is 0 Å². The van der Waals surface area contributed by atoms with E-state index < -0.39 is 0 Å². The third-order valence-electron chi connectivity index (χ3n) is 3.97. The monoisotopic (exact) mass is 305 g/mol. The van der Waals surface area contributed by atoms with Gasteiger partial charge in [0.15, 0.2) is 6.29 Å². The van der Waals surface area contributed by atoms with Crippen LogP contribution in [0.5, 0.6) is 0 Å². The Kier molecular flexibility index (Phi) is 7.63. The van der Waals surface area contributed by atoms with Crippen molar-refractivity contribution in [1.29, 1.82) is 0 Å². The van der Waals surface area contributed by atoms with Gasteiger partial charge in [-0.3, -0.25) is 0 Å². The smallest absolute Gasteiger partial charge is 0.177 e. The number of hydrogen-bond donors (Lipinski definition) is 0. The molecule has 0 aromatic rings. The Bertz CT molecular complexity index is 440. The van der Waals surface area contributed by atoms with Crippen LogP contribution in [0.3, 0.4) is 0 Å². The van der Waals surface area contributed by atoms with Gasteiger partial charge in [-0.05, 0) is 65.0 Å². The first-order chi connectivity index (χ1) is 10.3. The van der Waals surface area contributed by atoms with Crippen molar-refractivity contribution in [2.75, 3.05) is 7.05 Å². The van der Waals surface area contributed by atoms with Gasteiger partial charge in [-0.2, -0.15) is 0 Å². The van der Waals surface area contributed by atoms with Crippen molar-refractivity contribution in [2.45, 2.75) is 65.6 Å². The molecule has 1 rings (SSSR count). The second-order valence-electron chi connectivity index (χ2n) is 6.14. The lowest BCUT2D eigenvalue weighted by Gasteiger charge is -2.32. The van der Waals surface area contributed by atoms with Gasteiger partial charge in [0.25, 0.3) is 0 Å². The Balaban J connectivity index is 2.64. The Morgan fingerprint density at radius 2 is 1.82 bits per heavy atom. The summed E-state index contributed by atoms with van der Waals surface area (Å²) in [7, 11) is 2.06. The third kappa shape index (κ3) is 6.20. The number of rotatable bonds is 6. The molecule has 0 aliphatic carbocycles. The SMILES string of the molecule is C=C(/C=C\C)/C=C\N(C)[C@H](C)/C(C)=C/C1OC(C)CC(C)O1. The van der Waals surface area contributed by atoms with E-state index in [0.717, 1.165) is 12.0 Å². The lowest BCUT2D eigenvalue weighted by Crippen LogP contribution is -2.35. The van der Waals surface area contributed by atoms with Gasteiger partial charge >= 0.3 is 0 Å². The first kappa shape index (κ1) is 18.7. The van der Waals surface area contributed by atoms with Crippen molar-refractivity contribution in [3.8, 4) is 0 Å². The van der Waals surface area contributed by atoms with Crippen LogP contribution in [0, 0.1) is 0 Å². The third-order valence-corrected chi connectivity index (χ3v) is 3.97. The van der Waals surface area contributed by atoms with Crippen LogP contribution in [0.25, 0.3) is 0 Å². The Morgan fingerprint density at radius 3 is 2.36 bits per heavy atom. The molecule has 3 atom stereocenters. The highest BCUT2D eigenvalue weighted by molar-refractivity contribution is 5.26. The molecular weight excluding hydrogens is 274 g/mol. The molecule has 124 valence electrons. The zero-order chi connectivity index (χ0) is 16.7. The first-order valence-corrected chi connectivity index (χ1v) is 8.04. The number of likely N-dealkylation sites (N-methyl/N-ethyl adjacent to an activating group) is 1. The van der Waals surface area contributed by atoms with Crippen molar-refractivity contribution in [3.05, 3.63) is 48.2 Å². The molecule has 0 saturated carbocycles. The zero-order valence-electron chi connectivity index (χ0n) is 14.9. The van der Waals surface area contributed by atoms with E-state index in [1.807, 2.05) is 25.2 Å². The molecule has 0 amide bonds. The molecule has 3 nitrogen and oxygen atoms in total. The van der Waals surface area contributed by atoms with Gasteiger partial charge in [0.2, 0.25) is 0 Å². The molecule has 0 radical (unpaired) electrons. The molecule has 22 heavy (non-hydrogen) atoms. The Morgan fingerprint density at radius 1 is 1.23 bits per heavy atom. The first-order valence-electron chi connectivity index (χ1n) is 8.04. The molecule has 1 aliphatic rings. The van der Waals surface area contributed by atoms with E-state index in [2.05, 4.69) is 58.5 Å². The molecule has 0 spiro atoms. The van der Waals surface area contributed by atoms with Crippen LogP contribution in [0.1, 0.15) is 41.0 Å². The second-order valence-corrected chi connectivity index (χ2v) is 6.14. The van der Waals surface area contributed by atoms with Crippen molar-refractivity contribution >= 4 is 0 Å². The summed E-state index contributed by atoms with van der Waals surface area (Å²) >= 11 is 0. The van der Waals surface area contributed by atoms with Gasteiger partial charge in [0.1, 0.15) is 0 Å². The minimum absolute atomic E-state index is 0.239. The number of allylic oxidation sites excluding steroid dienone is 4. The zero-order valence-corrected chi connectivity index (χ0v) is 14.9. The fourth-order valence-electron chi connectivity index (χ4n) is 2.43. The predicted octanol–water partition coefficient (Wildman–Crippen LogP) is 4.44. The average molecular weight is 305 g/mol. The van der Waals surface area contributed by atoms with Crippen LogP contribution in [0.15, 0.2) is 48.2 Å². The van der Waals surface area contributed by atoms with E-state index in [1.165, 1.54) is 5.57 Å². The molecule has 0 N–H and O–H groups in total. The molecule has 0 aromatic heterocycles. The molecule has 1 fully saturated rings. The molecule has 0 bridgehead atoms. The normalized spacial score (nSPS) is 28.3. The highest BCUT2D eigenvalue weighted by atomic mass is 16.7. The minimum Gasteiger partial charge on any atom is -0.374 e. The highest BCUT2D eigenvalue weighted by Crippen LogP contribution is 2.21. The van der Waals surface area contributed by atoms with E-state index in [4.69, 9.17) is 9.47 Å². The fourth-order valence-corrected chi connectivity index (χ4v) is 2.43. The summed E-state index contributed by atoms with van der Waals surface area (Å²) in [6.45, 7) is 14.4. The predicted molar refractivity (Wildman–Crippen MR) is 93.6 cm³/mol. The van der Waals surface area contributed by atoms with Crippen LogP contribution in [0.2, 0.25) is 0 Å². The molecule has 3 heteroatoms. The van der Waals surface area contributed by atoms with Gasteiger partial charge in [-0.15, -0.1) is 0 Å². The number of ether oxygens (including phenoxy) is 2. The van der Waals surface area contributed by atoms with E-state index in [0.29, 0.717) is 0 Å². The quantitative estimate of drug-likeness (QED) is 0.535. The van der Waals surface area contributed by atoms with Gasteiger partial charge in [0.05, 0.1) is 12.2 Å². The molecular formula is C19H31NO2. The second kappa shape index (κ2) is 8.96. The summed E-state index contributed by atoms with van der Waals surface area (Å²) in [6, 6.07) is 0.273. The standard InChI is InChI=1S/C19H31NO2/c1-8-9-14(2)10-11-20(7)18(6)15(3)12-19-21-16(4)13-17(5)22-19/h8-12,16-19H,2,13H2,1,3-7H3/b9-8-,11-10-,15-12+/t16?,17?,18-,19?/m1/s1. The molecule has 0 aromatic carbocycles. The van der Waals surface area contributed by atoms with E-state index in [9.17, 15) is 0 Å². The van der Waals surface area contributed by atoms with Crippen molar-refractivity contribution in [3.63, 3.8) is 0 Å². The molecule has 2 unspecified atom stereocenters. The van der Waals surface area contributed by atoms with Crippen LogP contribution in [-0.2, 0) is 9.47 Å². The average Bonchev–Trinajstić information content (AvgIpc) is 2.43. The van der Waals surface area contributed by atoms with Crippen LogP contribution >= 0.6 is 0 Å². The highest BCUT2D eigenvalue weighted by Gasteiger charge is 2.24. The number of hydrogen-bond acceptors (Lipinski definition) is 3. The molecule has 1 aliphatic heterocycles. The van der Waals surface area contributed by atoms with Gasteiger partial charge in [-0.25, -0.2) is 0 Å². The van der Waals surface area contributed by atoms with Crippen molar-refractivity contribution in [1.82, 2.24) is 4.90 Å². The van der Waals surface area contributed by atoms with E-state index in [1.54, 1.807) is 0 Å². The molecule has 1 saturated heterocycles. The summed E-state index contributed by atoms with van der Waals surface area (Å²) < 4.78 is 11.7. The summed E-state index contributed by atoms with van der Waals surface area (Å²) in [4.78, 5) is 2.16. The number of nitrogens with zero attached hydrogens (tertiary/aromatic N) is 1. The van der Waals surface area contributed by atoms with E-state index >= 15 is 0 Å². The van der Waals surface area contributed by atoms with Gasteiger partial charge in [-0.1, -0.05) is 24.3 Å². The van der Waals surface area contributed by atoms with Crippen molar-refractivity contribution < 1.29 is 9.47 Å². The lowest BCUT2D eigenvalue weighted by atomic mass is 10.1. The van der Waals surface area contributed by atoms with Gasteiger partial charge < -0.3 is 14.4 Å². The maximum absolute atomic E-state index is 5.83. The Labute approximate surface area is 136 Å². The lowest BCUT2D eigenvalue weighted by molar-refractivity contribution is -0.210. The van der Waals surface area contributed by atoms with Crippen LogP contribution in [-0.4, -0.2) is 36.5 Å². The topological polar surface area (TPSA) is 21.7 Å². The molecule has 1 heterocycles. The maximum atomic E-state index is 5.83. The van der Waals surface area contributed by atoms with Crippen molar-refractivity contribution in [2.24, 2.45) is 0 Å².